The molecule has 0 aliphatic carbocycles. The Morgan fingerprint density at radius 3 is 2.23 bits per heavy atom. The highest BCUT2D eigenvalue weighted by Crippen LogP contribution is 2.41. The van der Waals surface area contributed by atoms with E-state index >= 15 is 0 Å². The lowest BCUT2D eigenvalue weighted by Gasteiger charge is -2.33. The summed E-state index contributed by atoms with van der Waals surface area (Å²) in [4.78, 5) is 123. The predicted octanol–water partition coefficient (Wildman–Crippen LogP) is 3.48. The Hall–Kier alpha value is -7.88. The molecule has 388 valence electrons. The quantitative estimate of drug-likeness (QED) is 0.0541. The molecule has 0 saturated carbocycles. The number of hydrogen-bond donors (Lipinski definition) is 6. The van der Waals surface area contributed by atoms with E-state index < -0.39 is 59.6 Å². The zero-order chi connectivity index (χ0) is 52.7. The molecule has 73 heavy (non-hydrogen) atoms. The Morgan fingerprint density at radius 1 is 0.877 bits per heavy atom. The molecule has 0 bridgehead atoms. The van der Waals surface area contributed by atoms with Gasteiger partial charge in [-0.25, -0.2) is 24.2 Å². The Balaban J connectivity index is 0.895. The number of nitrogens with zero attached hydrogens (tertiary/aromatic N) is 4. The molecule has 5 heterocycles. The summed E-state index contributed by atoms with van der Waals surface area (Å²) in [5.74, 6) is -2.47. The second-order valence-corrected chi connectivity index (χ2v) is 18.5. The van der Waals surface area contributed by atoms with E-state index in [9.17, 15) is 48.3 Å². The number of benzene rings is 2. The molecule has 0 radical (unpaired) electrons. The van der Waals surface area contributed by atoms with Gasteiger partial charge in [0.1, 0.15) is 36.8 Å². The highest BCUT2D eigenvalue weighted by Gasteiger charge is 2.45. The molecule has 3 aliphatic rings. The summed E-state index contributed by atoms with van der Waals surface area (Å²) in [6.45, 7) is 9.37. The molecule has 1 saturated heterocycles. The van der Waals surface area contributed by atoms with Gasteiger partial charge in [0, 0.05) is 73.7 Å². The number of aliphatic hydroxyl groups is 1. The van der Waals surface area contributed by atoms with Gasteiger partial charge in [0.15, 0.2) is 5.60 Å². The van der Waals surface area contributed by atoms with Crippen LogP contribution in [-0.4, -0.2) is 117 Å². The fourth-order valence-electron chi connectivity index (χ4n) is 8.98. The van der Waals surface area contributed by atoms with Crippen LogP contribution < -0.4 is 37.3 Å². The van der Waals surface area contributed by atoms with E-state index in [1.54, 1.807) is 73.9 Å². The number of primary amides is 1. The first-order valence-corrected chi connectivity index (χ1v) is 24.4. The summed E-state index contributed by atoms with van der Waals surface area (Å²) in [5, 5.41) is 22.4. The van der Waals surface area contributed by atoms with E-state index in [4.69, 9.17) is 24.9 Å². The molecule has 3 aliphatic heterocycles. The first kappa shape index (κ1) is 52.9. The van der Waals surface area contributed by atoms with E-state index in [2.05, 4.69) is 21.3 Å². The van der Waals surface area contributed by atoms with Crippen molar-refractivity contribution in [3.05, 3.63) is 86.7 Å². The topological polar surface area (TPSA) is 300 Å². The predicted molar refractivity (Wildman–Crippen MR) is 264 cm³/mol. The van der Waals surface area contributed by atoms with Crippen LogP contribution in [-0.2, 0) is 65.2 Å². The van der Waals surface area contributed by atoms with Crippen molar-refractivity contribution in [3.63, 3.8) is 0 Å². The fourth-order valence-corrected chi connectivity index (χ4v) is 8.98. The van der Waals surface area contributed by atoms with Crippen LogP contribution >= 0.6 is 0 Å². The van der Waals surface area contributed by atoms with Crippen LogP contribution in [0, 0.1) is 5.92 Å². The lowest BCUT2D eigenvalue weighted by Crippen LogP contribution is -2.51. The molecule has 4 aromatic rings. The molecular formula is C51H61N9O13. The number of aryl methyl sites for hydroxylation is 1. The number of urea groups is 1. The molecule has 7 N–H and O–H groups in total. The van der Waals surface area contributed by atoms with Gasteiger partial charge in [0.25, 0.3) is 5.56 Å². The molecule has 0 unspecified atom stereocenters. The van der Waals surface area contributed by atoms with Gasteiger partial charge in [-0.2, -0.15) is 0 Å². The van der Waals surface area contributed by atoms with E-state index in [-0.39, 0.29) is 119 Å². The van der Waals surface area contributed by atoms with Crippen LogP contribution in [0.2, 0.25) is 0 Å². The van der Waals surface area contributed by atoms with Gasteiger partial charge in [-0.1, -0.05) is 39.8 Å². The van der Waals surface area contributed by atoms with Gasteiger partial charge >= 0.3 is 24.2 Å². The number of fused-ring (bicyclic) bond motifs is 5. The van der Waals surface area contributed by atoms with Gasteiger partial charge in [-0.05, 0) is 80.1 Å². The first-order chi connectivity index (χ1) is 34.8. The molecule has 7 rings (SSSR count). The lowest BCUT2D eigenvalue weighted by atomic mass is 9.86. The van der Waals surface area contributed by atoms with Gasteiger partial charge in [0.05, 0.1) is 29.0 Å². The summed E-state index contributed by atoms with van der Waals surface area (Å²) in [5.41, 5.74) is 7.73. The largest absolute Gasteiger partial charge is 0.458 e. The number of aromatic nitrogens is 2. The van der Waals surface area contributed by atoms with Crippen molar-refractivity contribution >= 4 is 64.3 Å². The number of nitrogens with one attached hydrogen (secondary N) is 4. The maximum atomic E-state index is 13.7. The summed E-state index contributed by atoms with van der Waals surface area (Å²) in [6, 6.07) is 10.5. The molecule has 1 fully saturated rings. The van der Waals surface area contributed by atoms with E-state index in [0.29, 0.717) is 34.6 Å². The molecule has 22 heteroatoms. The second-order valence-electron chi connectivity index (χ2n) is 18.5. The number of rotatable bonds is 18. The SMILES string of the molecule is CCc1c2c(nc3ccc(OC(=O)N4CCN(C(=O)OCc5ccc(NC(=O)[C@H](CCCNC(N)=O)NC(=O)[C@H](C)NC(=O)CCC(=O)C(C)C)cc5)CC4)cc13)-c1cc3c(c(=O)n1C2)COC(=O)[C@]3(O)CC. The van der Waals surface area contributed by atoms with Crippen LogP contribution in [0.4, 0.5) is 20.1 Å². The normalized spacial score (nSPS) is 16.6. The molecule has 2 aromatic carbocycles. The first-order valence-electron chi connectivity index (χ1n) is 24.4. The Labute approximate surface area is 420 Å². The third-order valence-corrected chi connectivity index (χ3v) is 13.3. The Morgan fingerprint density at radius 2 is 1.58 bits per heavy atom. The summed E-state index contributed by atoms with van der Waals surface area (Å²) < 4.78 is 18.2. The van der Waals surface area contributed by atoms with Crippen molar-refractivity contribution in [1.82, 2.24) is 35.3 Å². The molecule has 0 spiro atoms. The van der Waals surface area contributed by atoms with Crippen molar-refractivity contribution in [2.45, 2.75) is 111 Å². The van der Waals surface area contributed by atoms with Crippen LogP contribution in [0.3, 0.4) is 0 Å². The number of amides is 7. The molecule has 22 nitrogen and oxygen atoms in total. The maximum absolute atomic E-state index is 13.7. The summed E-state index contributed by atoms with van der Waals surface area (Å²) >= 11 is 0. The second kappa shape index (κ2) is 22.7. The number of pyridine rings is 2. The van der Waals surface area contributed by atoms with Gasteiger partial charge < -0.3 is 60.7 Å². The Kier molecular flexibility index (Phi) is 16.4. The number of ether oxygens (including phenoxy) is 3. The zero-order valence-corrected chi connectivity index (χ0v) is 41.5. The van der Waals surface area contributed by atoms with Crippen molar-refractivity contribution in [2.75, 3.05) is 38.0 Å². The number of hydrogen-bond acceptors (Lipinski definition) is 14. The van der Waals surface area contributed by atoms with Crippen LogP contribution in [0.5, 0.6) is 5.75 Å². The zero-order valence-electron chi connectivity index (χ0n) is 41.5. The average Bonchev–Trinajstić information content (AvgIpc) is 3.74. The smallest absolute Gasteiger partial charge is 0.415 e. The highest BCUT2D eigenvalue weighted by molar-refractivity contribution is 5.98. The van der Waals surface area contributed by atoms with Crippen LogP contribution in [0.25, 0.3) is 22.3 Å². The fraction of sp³-hybridized carbons (Fsp3) is 0.451. The summed E-state index contributed by atoms with van der Waals surface area (Å²) in [7, 11) is 0. The van der Waals surface area contributed by atoms with E-state index in [1.165, 1.54) is 16.7 Å². The number of ketones is 1. The molecule has 2 aromatic heterocycles. The Bertz CT molecular complexity index is 2890. The van der Waals surface area contributed by atoms with E-state index in [0.717, 1.165) is 16.5 Å². The van der Waals surface area contributed by atoms with Crippen molar-refractivity contribution in [1.29, 1.82) is 0 Å². The number of cyclic esters (lactones) is 1. The number of Topliss-reactive ketones (excluding diaryl/α,β-unsaturated/α-hetero) is 1. The van der Waals surface area contributed by atoms with Crippen LogP contribution in [0.15, 0.2) is 53.3 Å². The minimum absolute atomic E-state index is 0.0316. The third kappa shape index (κ3) is 11.9. The van der Waals surface area contributed by atoms with Crippen LogP contribution in [0.1, 0.15) is 94.5 Å². The molecule has 3 atom stereocenters. The number of esters is 1. The minimum atomic E-state index is -1.94. The number of nitrogens with two attached hydrogens (primary N) is 1. The van der Waals surface area contributed by atoms with Gasteiger partial charge in [-0.15, -0.1) is 0 Å². The standard InChI is InChI=1S/C51H61N9O13/c1-6-33-34-23-32(14-15-38(34)56-43-35(33)25-60-40(43)24-37-36(46(60)65)27-71-47(66)51(37,70)7-2)73-50(69)59-21-19-58(20-22-59)49(68)72-26-30-10-12-31(13-11-30)55-45(64)39(9-8-18-53-48(52)67)57-44(63)29(5)54-42(62)17-16-41(61)28(3)4/h10-15,23-24,28-29,39,70H,6-9,16-22,25-27H2,1-5H3,(H,54,62)(H,55,64)(H,57,63)(H3,52,53,67)/t29-,39-,51-/m0/s1. The highest BCUT2D eigenvalue weighted by atomic mass is 16.6. The van der Waals surface area contributed by atoms with Crippen molar-refractivity contribution in [3.8, 4) is 17.1 Å². The third-order valence-electron chi connectivity index (χ3n) is 13.3. The van der Waals surface area contributed by atoms with Crippen molar-refractivity contribution in [2.24, 2.45) is 11.7 Å². The monoisotopic (exact) mass is 1010 g/mol. The number of piperazine rings is 1. The van der Waals surface area contributed by atoms with Gasteiger partial charge in [0.2, 0.25) is 17.7 Å². The minimum Gasteiger partial charge on any atom is -0.458 e. The van der Waals surface area contributed by atoms with Gasteiger partial charge in [-0.3, -0.25) is 24.0 Å². The average molecular weight is 1010 g/mol. The van der Waals surface area contributed by atoms with Crippen molar-refractivity contribution < 1.29 is 57.7 Å². The maximum Gasteiger partial charge on any atom is 0.415 e. The molecule has 7 amide bonds. The summed E-state index contributed by atoms with van der Waals surface area (Å²) in [6.07, 6.45) is -0.212. The molecular weight excluding hydrogens is 947 g/mol. The number of anilines is 1. The number of carbonyl (C=O) groups excluding carboxylic acids is 8. The number of carbonyl (C=O) groups is 8. The lowest BCUT2D eigenvalue weighted by molar-refractivity contribution is -0.172. The van der Waals surface area contributed by atoms with E-state index in [1.807, 2.05) is 6.92 Å².